The SMILES string of the molecule is BrCc1ccc2cccc(Br)c2c1. The van der Waals surface area contributed by atoms with E-state index in [-0.39, 0.29) is 0 Å². The highest BCUT2D eigenvalue weighted by Gasteiger charge is 1.98. The summed E-state index contributed by atoms with van der Waals surface area (Å²) in [7, 11) is 0. The molecule has 0 aliphatic rings. The van der Waals surface area contributed by atoms with Gasteiger partial charge in [-0.3, -0.25) is 0 Å². The van der Waals surface area contributed by atoms with Crippen LogP contribution in [0.1, 0.15) is 5.56 Å². The standard InChI is InChI=1S/C11H8Br2/c12-7-8-4-5-9-2-1-3-11(13)10(9)6-8/h1-6H,7H2. The molecular formula is C11H8Br2. The molecule has 2 rings (SSSR count). The molecule has 0 nitrogen and oxygen atoms in total. The molecule has 0 aliphatic heterocycles. The van der Waals surface area contributed by atoms with E-state index < -0.39 is 0 Å². The van der Waals surface area contributed by atoms with E-state index in [1.165, 1.54) is 16.3 Å². The molecule has 0 aliphatic carbocycles. The minimum Gasteiger partial charge on any atom is -0.0876 e. The first-order valence-corrected chi connectivity index (χ1v) is 5.96. The van der Waals surface area contributed by atoms with Gasteiger partial charge in [0.25, 0.3) is 0 Å². The molecule has 0 saturated heterocycles. The number of hydrogen-bond acceptors (Lipinski definition) is 0. The third-order valence-corrected chi connectivity index (χ3v) is 3.39. The summed E-state index contributed by atoms with van der Waals surface area (Å²) >= 11 is 7.00. The minimum atomic E-state index is 0.907. The maximum atomic E-state index is 3.54. The van der Waals surface area contributed by atoms with Crippen molar-refractivity contribution in [2.24, 2.45) is 0 Å². The summed E-state index contributed by atoms with van der Waals surface area (Å²) in [6, 6.07) is 12.7. The van der Waals surface area contributed by atoms with Crippen molar-refractivity contribution in [3.63, 3.8) is 0 Å². The molecule has 0 radical (unpaired) electrons. The van der Waals surface area contributed by atoms with Gasteiger partial charge in [0.15, 0.2) is 0 Å². The Bertz CT molecular complexity index is 435. The zero-order valence-electron chi connectivity index (χ0n) is 6.93. The van der Waals surface area contributed by atoms with Gasteiger partial charge in [0.05, 0.1) is 0 Å². The first kappa shape index (κ1) is 9.22. The van der Waals surface area contributed by atoms with Crippen LogP contribution in [0.15, 0.2) is 40.9 Å². The van der Waals surface area contributed by atoms with E-state index in [0.717, 1.165) is 9.80 Å². The Morgan fingerprint density at radius 1 is 1.08 bits per heavy atom. The Balaban J connectivity index is 2.74. The fourth-order valence-electron chi connectivity index (χ4n) is 1.36. The second-order valence-electron chi connectivity index (χ2n) is 2.93. The number of rotatable bonds is 1. The van der Waals surface area contributed by atoms with E-state index in [1.807, 2.05) is 0 Å². The lowest BCUT2D eigenvalue weighted by Crippen LogP contribution is -1.79. The Labute approximate surface area is 94.2 Å². The molecule has 0 N–H and O–H groups in total. The van der Waals surface area contributed by atoms with Crippen LogP contribution in [0.4, 0.5) is 0 Å². The van der Waals surface area contributed by atoms with Crippen molar-refractivity contribution in [1.82, 2.24) is 0 Å². The molecule has 0 aromatic heterocycles. The van der Waals surface area contributed by atoms with Crippen molar-refractivity contribution in [3.8, 4) is 0 Å². The third kappa shape index (κ3) is 1.79. The maximum Gasteiger partial charge on any atom is 0.0283 e. The topological polar surface area (TPSA) is 0 Å². The van der Waals surface area contributed by atoms with Crippen molar-refractivity contribution in [2.45, 2.75) is 5.33 Å². The zero-order chi connectivity index (χ0) is 9.26. The highest BCUT2D eigenvalue weighted by atomic mass is 79.9. The molecule has 2 heteroatoms. The van der Waals surface area contributed by atoms with Crippen molar-refractivity contribution in [2.75, 3.05) is 0 Å². The van der Waals surface area contributed by atoms with Crippen LogP contribution in [0.2, 0.25) is 0 Å². The van der Waals surface area contributed by atoms with Gasteiger partial charge in [0.1, 0.15) is 0 Å². The smallest absolute Gasteiger partial charge is 0.0283 e. The predicted octanol–water partition coefficient (Wildman–Crippen LogP) is 4.50. The van der Waals surface area contributed by atoms with E-state index in [9.17, 15) is 0 Å². The monoisotopic (exact) mass is 298 g/mol. The summed E-state index contributed by atoms with van der Waals surface area (Å²) in [6.07, 6.45) is 0. The molecule has 0 fully saturated rings. The van der Waals surface area contributed by atoms with Crippen LogP contribution in [0.3, 0.4) is 0 Å². The van der Waals surface area contributed by atoms with Crippen LogP contribution in [-0.2, 0) is 5.33 Å². The van der Waals surface area contributed by atoms with Crippen LogP contribution < -0.4 is 0 Å². The Hall–Kier alpha value is -0.340. The molecule has 2 aromatic rings. The first-order chi connectivity index (χ1) is 6.31. The molecule has 0 heterocycles. The average Bonchev–Trinajstić information content (AvgIpc) is 2.18. The Morgan fingerprint density at radius 2 is 1.92 bits per heavy atom. The molecular weight excluding hydrogens is 292 g/mol. The average molecular weight is 300 g/mol. The van der Waals surface area contributed by atoms with Gasteiger partial charge >= 0.3 is 0 Å². The van der Waals surface area contributed by atoms with Gasteiger partial charge in [0.2, 0.25) is 0 Å². The van der Waals surface area contributed by atoms with Gasteiger partial charge in [-0.25, -0.2) is 0 Å². The Kier molecular flexibility index (Phi) is 2.70. The van der Waals surface area contributed by atoms with Crippen LogP contribution in [0, 0.1) is 0 Å². The molecule has 13 heavy (non-hydrogen) atoms. The van der Waals surface area contributed by atoms with E-state index in [0.29, 0.717) is 0 Å². The number of halogens is 2. The molecule has 0 amide bonds. The zero-order valence-corrected chi connectivity index (χ0v) is 10.1. The van der Waals surface area contributed by atoms with E-state index >= 15 is 0 Å². The largest absolute Gasteiger partial charge is 0.0876 e. The molecule has 0 unspecified atom stereocenters. The van der Waals surface area contributed by atoms with Gasteiger partial charge in [-0.1, -0.05) is 56.1 Å². The first-order valence-electron chi connectivity index (χ1n) is 4.04. The van der Waals surface area contributed by atoms with Crippen molar-refractivity contribution in [3.05, 3.63) is 46.4 Å². The molecule has 0 atom stereocenters. The second kappa shape index (κ2) is 3.81. The number of alkyl halides is 1. The molecule has 66 valence electrons. The molecule has 2 aromatic carbocycles. The van der Waals surface area contributed by atoms with Crippen LogP contribution in [0.25, 0.3) is 10.8 Å². The third-order valence-electron chi connectivity index (χ3n) is 2.05. The fraction of sp³-hybridized carbons (Fsp3) is 0.0909. The molecule has 0 bridgehead atoms. The molecule has 0 spiro atoms. The normalized spacial score (nSPS) is 10.6. The van der Waals surface area contributed by atoms with Gasteiger partial charge in [0, 0.05) is 9.80 Å². The van der Waals surface area contributed by atoms with Crippen molar-refractivity contribution < 1.29 is 0 Å². The lowest BCUT2D eigenvalue weighted by Gasteiger charge is -2.02. The second-order valence-corrected chi connectivity index (χ2v) is 4.34. The summed E-state index contributed by atoms with van der Waals surface area (Å²) in [5, 5.41) is 3.46. The van der Waals surface area contributed by atoms with Gasteiger partial charge in [-0.15, -0.1) is 0 Å². The number of fused-ring (bicyclic) bond motifs is 1. The highest BCUT2D eigenvalue weighted by molar-refractivity contribution is 9.10. The highest BCUT2D eigenvalue weighted by Crippen LogP contribution is 2.25. The Morgan fingerprint density at radius 3 is 2.69 bits per heavy atom. The summed E-state index contributed by atoms with van der Waals surface area (Å²) < 4.78 is 1.16. The molecule has 0 saturated carbocycles. The predicted molar refractivity (Wildman–Crippen MR) is 64.3 cm³/mol. The van der Waals surface area contributed by atoms with E-state index in [4.69, 9.17) is 0 Å². The number of benzene rings is 2. The van der Waals surface area contributed by atoms with Crippen LogP contribution in [-0.4, -0.2) is 0 Å². The van der Waals surface area contributed by atoms with Crippen molar-refractivity contribution in [1.29, 1.82) is 0 Å². The van der Waals surface area contributed by atoms with Gasteiger partial charge < -0.3 is 0 Å². The number of hydrogen-bond donors (Lipinski definition) is 0. The van der Waals surface area contributed by atoms with Crippen molar-refractivity contribution >= 4 is 42.6 Å². The summed E-state index contributed by atoms with van der Waals surface area (Å²) in [5.41, 5.74) is 1.31. The lowest BCUT2D eigenvalue weighted by atomic mass is 10.1. The van der Waals surface area contributed by atoms with Gasteiger partial charge in [-0.2, -0.15) is 0 Å². The summed E-state index contributed by atoms with van der Waals surface area (Å²) in [5.74, 6) is 0. The van der Waals surface area contributed by atoms with E-state index in [1.54, 1.807) is 0 Å². The maximum absolute atomic E-state index is 3.54. The quantitative estimate of drug-likeness (QED) is 0.680. The summed E-state index contributed by atoms with van der Waals surface area (Å²) in [4.78, 5) is 0. The fourth-order valence-corrected chi connectivity index (χ4v) is 2.21. The summed E-state index contributed by atoms with van der Waals surface area (Å²) in [6.45, 7) is 0. The lowest BCUT2D eigenvalue weighted by molar-refractivity contribution is 1.46. The van der Waals surface area contributed by atoms with Crippen LogP contribution in [0.5, 0.6) is 0 Å². The minimum absolute atomic E-state index is 0.907. The van der Waals surface area contributed by atoms with E-state index in [2.05, 4.69) is 68.3 Å². The van der Waals surface area contributed by atoms with Crippen LogP contribution >= 0.6 is 31.9 Å². The van der Waals surface area contributed by atoms with Gasteiger partial charge in [-0.05, 0) is 28.5 Å².